The molecule has 0 aliphatic rings. The van der Waals surface area contributed by atoms with E-state index < -0.39 is 11.7 Å². The van der Waals surface area contributed by atoms with Crippen LogP contribution in [-0.2, 0) is 0 Å². The molecule has 0 atom stereocenters. The maximum absolute atomic E-state index is 13.0. The van der Waals surface area contributed by atoms with Crippen molar-refractivity contribution >= 4 is 11.6 Å². The van der Waals surface area contributed by atoms with Gasteiger partial charge >= 0.3 is 0 Å². The van der Waals surface area contributed by atoms with Crippen LogP contribution in [0.5, 0.6) is 0 Å². The van der Waals surface area contributed by atoms with E-state index >= 15 is 0 Å². The van der Waals surface area contributed by atoms with Gasteiger partial charge in [0.2, 0.25) is 0 Å². The van der Waals surface area contributed by atoms with Crippen LogP contribution >= 0.6 is 0 Å². The molecule has 2 aromatic rings. The molecule has 0 aliphatic carbocycles. The standard InChI is InChI=1S/C14H7FN4O/c15-12-3-11(7-18-8-12)14(20)19-13-2-1-9(5-16)10(4-13)6-17/h1-4,7-8H,(H,19,20). The van der Waals surface area contributed by atoms with Crippen molar-refractivity contribution in [2.75, 3.05) is 5.32 Å². The predicted molar refractivity (Wildman–Crippen MR) is 68.0 cm³/mol. The highest BCUT2D eigenvalue weighted by Crippen LogP contribution is 2.15. The van der Waals surface area contributed by atoms with Crippen LogP contribution in [0, 0.1) is 28.5 Å². The number of pyridine rings is 1. The van der Waals surface area contributed by atoms with E-state index in [9.17, 15) is 9.18 Å². The van der Waals surface area contributed by atoms with E-state index in [1.807, 2.05) is 12.1 Å². The van der Waals surface area contributed by atoms with Gasteiger partial charge < -0.3 is 5.32 Å². The van der Waals surface area contributed by atoms with Gasteiger partial charge in [-0.05, 0) is 24.3 Å². The van der Waals surface area contributed by atoms with Gasteiger partial charge in [-0.15, -0.1) is 0 Å². The number of anilines is 1. The zero-order valence-corrected chi connectivity index (χ0v) is 10.1. The van der Waals surface area contributed by atoms with E-state index in [4.69, 9.17) is 10.5 Å². The summed E-state index contributed by atoms with van der Waals surface area (Å²) in [5.74, 6) is -1.17. The highest BCUT2D eigenvalue weighted by Gasteiger charge is 2.09. The average molecular weight is 266 g/mol. The van der Waals surface area contributed by atoms with Gasteiger partial charge in [0.1, 0.15) is 18.0 Å². The van der Waals surface area contributed by atoms with Crippen LogP contribution in [0.4, 0.5) is 10.1 Å². The Kier molecular flexibility index (Phi) is 3.69. The summed E-state index contributed by atoms with van der Waals surface area (Å²) in [6.07, 6.45) is 2.22. The number of rotatable bonds is 2. The van der Waals surface area contributed by atoms with Crippen molar-refractivity contribution in [2.45, 2.75) is 0 Å². The Bertz CT molecular complexity index is 758. The fraction of sp³-hybridized carbons (Fsp3) is 0. The predicted octanol–water partition coefficient (Wildman–Crippen LogP) is 2.22. The number of halogens is 1. The lowest BCUT2D eigenvalue weighted by atomic mass is 10.1. The zero-order chi connectivity index (χ0) is 14.5. The molecule has 0 radical (unpaired) electrons. The fourth-order valence-electron chi connectivity index (χ4n) is 1.55. The second-order valence-electron chi connectivity index (χ2n) is 3.83. The first-order valence-corrected chi connectivity index (χ1v) is 5.50. The molecule has 2 rings (SSSR count). The molecule has 0 bridgehead atoms. The van der Waals surface area contributed by atoms with Crippen molar-refractivity contribution < 1.29 is 9.18 Å². The maximum atomic E-state index is 13.0. The van der Waals surface area contributed by atoms with Crippen molar-refractivity contribution in [2.24, 2.45) is 0 Å². The first-order chi connectivity index (χ1) is 9.63. The monoisotopic (exact) mass is 266 g/mol. The lowest BCUT2D eigenvalue weighted by Crippen LogP contribution is -2.12. The van der Waals surface area contributed by atoms with Gasteiger partial charge in [-0.25, -0.2) is 4.39 Å². The van der Waals surface area contributed by atoms with Gasteiger partial charge in [-0.2, -0.15) is 10.5 Å². The number of amides is 1. The van der Waals surface area contributed by atoms with E-state index in [0.717, 1.165) is 12.3 Å². The fourth-order valence-corrected chi connectivity index (χ4v) is 1.55. The van der Waals surface area contributed by atoms with Crippen LogP contribution in [0.25, 0.3) is 0 Å². The van der Waals surface area contributed by atoms with Crippen LogP contribution in [0.2, 0.25) is 0 Å². The smallest absolute Gasteiger partial charge is 0.257 e. The summed E-state index contributed by atoms with van der Waals surface area (Å²) in [7, 11) is 0. The number of nitrogens with zero attached hydrogens (tertiary/aromatic N) is 3. The molecule has 0 aliphatic heterocycles. The van der Waals surface area contributed by atoms with Crippen LogP contribution < -0.4 is 5.32 Å². The van der Waals surface area contributed by atoms with Gasteiger partial charge in [-0.1, -0.05) is 0 Å². The molecular weight excluding hydrogens is 259 g/mol. The van der Waals surface area contributed by atoms with Crippen molar-refractivity contribution in [1.82, 2.24) is 4.98 Å². The molecule has 0 spiro atoms. The largest absolute Gasteiger partial charge is 0.322 e. The molecule has 6 heteroatoms. The molecule has 0 saturated carbocycles. The molecule has 20 heavy (non-hydrogen) atoms. The summed E-state index contributed by atoms with van der Waals surface area (Å²) >= 11 is 0. The zero-order valence-electron chi connectivity index (χ0n) is 10.1. The van der Waals surface area contributed by atoms with Crippen molar-refractivity contribution in [3.63, 3.8) is 0 Å². The summed E-state index contributed by atoms with van der Waals surface area (Å²) in [5, 5.41) is 20.2. The molecule has 96 valence electrons. The summed E-state index contributed by atoms with van der Waals surface area (Å²) in [6.45, 7) is 0. The second kappa shape index (κ2) is 5.59. The van der Waals surface area contributed by atoms with Gasteiger partial charge in [0.25, 0.3) is 5.91 Å². The summed E-state index contributed by atoms with van der Waals surface area (Å²) in [6, 6.07) is 9.08. The molecule has 5 nitrogen and oxygen atoms in total. The molecule has 1 amide bonds. The minimum absolute atomic E-state index is 0.0628. The SMILES string of the molecule is N#Cc1ccc(NC(=O)c2cncc(F)c2)cc1C#N. The first-order valence-electron chi connectivity index (χ1n) is 5.50. The number of nitriles is 2. The molecule has 1 aromatic heterocycles. The Balaban J connectivity index is 2.25. The topological polar surface area (TPSA) is 89.6 Å². The van der Waals surface area contributed by atoms with Crippen molar-refractivity contribution in [3.05, 3.63) is 59.2 Å². The van der Waals surface area contributed by atoms with Crippen LogP contribution in [0.3, 0.4) is 0 Å². The normalized spacial score (nSPS) is 9.35. The molecule has 0 unspecified atom stereocenters. The molecule has 1 N–H and O–H groups in total. The molecule has 1 heterocycles. The first kappa shape index (κ1) is 13.2. The van der Waals surface area contributed by atoms with Gasteiger partial charge in [0, 0.05) is 11.9 Å². The molecule has 0 fully saturated rings. The van der Waals surface area contributed by atoms with Gasteiger partial charge in [0.05, 0.1) is 22.9 Å². The third-order valence-electron chi connectivity index (χ3n) is 2.49. The van der Waals surface area contributed by atoms with Crippen molar-refractivity contribution in [3.8, 4) is 12.1 Å². The minimum Gasteiger partial charge on any atom is -0.322 e. The Morgan fingerprint density at radius 1 is 1.15 bits per heavy atom. The Labute approximate surface area is 113 Å². The number of hydrogen-bond acceptors (Lipinski definition) is 4. The van der Waals surface area contributed by atoms with E-state index in [0.29, 0.717) is 5.69 Å². The Morgan fingerprint density at radius 3 is 2.55 bits per heavy atom. The maximum Gasteiger partial charge on any atom is 0.257 e. The van der Waals surface area contributed by atoms with E-state index in [1.54, 1.807) is 0 Å². The summed E-state index contributed by atoms with van der Waals surface area (Å²) in [5.41, 5.74) is 0.781. The van der Waals surface area contributed by atoms with Gasteiger partial charge in [-0.3, -0.25) is 9.78 Å². The Hall–Kier alpha value is -3.25. The number of nitrogens with one attached hydrogen (secondary N) is 1. The quantitative estimate of drug-likeness (QED) is 0.902. The van der Waals surface area contributed by atoms with Crippen LogP contribution in [-0.4, -0.2) is 10.9 Å². The number of aromatic nitrogens is 1. The summed E-state index contributed by atoms with van der Waals surface area (Å²) in [4.78, 5) is 15.4. The van der Waals surface area contributed by atoms with E-state index in [1.165, 1.54) is 24.4 Å². The summed E-state index contributed by atoms with van der Waals surface area (Å²) < 4.78 is 13.0. The Morgan fingerprint density at radius 2 is 1.90 bits per heavy atom. The van der Waals surface area contributed by atoms with E-state index in [-0.39, 0.29) is 16.7 Å². The second-order valence-corrected chi connectivity index (χ2v) is 3.83. The molecule has 1 aromatic carbocycles. The van der Waals surface area contributed by atoms with Crippen molar-refractivity contribution in [1.29, 1.82) is 10.5 Å². The highest BCUT2D eigenvalue weighted by atomic mass is 19.1. The van der Waals surface area contributed by atoms with Crippen LogP contribution in [0.1, 0.15) is 21.5 Å². The minimum atomic E-state index is -0.616. The van der Waals surface area contributed by atoms with Crippen LogP contribution in [0.15, 0.2) is 36.7 Å². The third-order valence-corrected chi connectivity index (χ3v) is 2.49. The number of benzene rings is 1. The molecule has 0 saturated heterocycles. The van der Waals surface area contributed by atoms with Gasteiger partial charge in [0.15, 0.2) is 0 Å². The third kappa shape index (κ3) is 2.77. The lowest BCUT2D eigenvalue weighted by Gasteiger charge is -2.06. The lowest BCUT2D eigenvalue weighted by molar-refractivity contribution is 0.102. The average Bonchev–Trinajstić information content (AvgIpc) is 2.47. The number of carbonyl (C=O) groups excluding carboxylic acids is 1. The highest BCUT2D eigenvalue weighted by molar-refractivity contribution is 6.04. The number of carbonyl (C=O) groups is 1. The number of hydrogen-bond donors (Lipinski definition) is 1. The van der Waals surface area contributed by atoms with E-state index in [2.05, 4.69) is 10.3 Å². The molecular formula is C14H7FN4O.